The molecule has 5 rings (SSSR count). The SMILES string of the molecule is N=C1S/C(=C\c2cc(Cc3ccccc3)[nH]c2-c2ccc(F)cc2)C(=O)N1c1nccs1. The maximum atomic E-state index is 13.5. The summed E-state index contributed by atoms with van der Waals surface area (Å²) in [6.45, 7) is 0. The third kappa shape index (κ3) is 4.02. The molecule has 2 aromatic carbocycles. The number of aromatic nitrogens is 2. The van der Waals surface area contributed by atoms with Crippen molar-refractivity contribution in [3.05, 3.63) is 99.8 Å². The molecule has 0 unspecified atom stereocenters. The molecule has 32 heavy (non-hydrogen) atoms. The van der Waals surface area contributed by atoms with Crippen LogP contribution in [-0.2, 0) is 11.2 Å². The molecular weight excluding hydrogens is 443 g/mol. The summed E-state index contributed by atoms with van der Waals surface area (Å²) in [5.74, 6) is -0.579. The minimum atomic E-state index is -0.307. The second-order valence-corrected chi connectivity index (χ2v) is 9.07. The Kier molecular flexibility index (Phi) is 5.46. The molecule has 1 amide bonds. The van der Waals surface area contributed by atoms with E-state index in [1.54, 1.807) is 29.8 Å². The number of aromatic amines is 1. The van der Waals surface area contributed by atoms with Crippen LogP contribution in [0.5, 0.6) is 0 Å². The summed E-state index contributed by atoms with van der Waals surface area (Å²) in [5.41, 5.74) is 4.56. The van der Waals surface area contributed by atoms with Crippen LogP contribution in [0.15, 0.2) is 77.1 Å². The first-order chi connectivity index (χ1) is 15.6. The number of halogens is 1. The van der Waals surface area contributed by atoms with Crippen LogP contribution in [0.3, 0.4) is 0 Å². The molecule has 1 aliphatic heterocycles. The first-order valence-electron chi connectivity index (χ1n) is 9.82. The molecule has 1 aliphatic rings. The number of anilines is 1. The summed E-state index contributed by atoms with van der Waals surface area (Å²) in [5, 5.41) is 10.6. The number of nitrogens with one attached hydrogen (secondary N) is 2. The first-order valence-corrected chi connectivity index (χ1v) is 11.5. The van der Waals surface area contributed by atoms with E-state index in [-0.39, 0.29) is 16.9 Å². The number of nitrogens with zero attached hydrogens (tertiary/aromatic N) is 2. The minimum absolute atomic E-state index is 0.125. The number of thiazole rings is 1. The predicted octanol–water partition coefficient (Wildman–Crippen LogP) is 5.92. The molecule has 2 aromatic heterocycles. The number of carbonyl (C=O) groups excluding carboxylic acids is 1. The summed E-state index contributed by atoms with van der Waals surface area (Å²) in [6.07, 6.45) is 4.10. The number of amides is 1. The highest BCUT2D eigenvalue weighted by molar-refractivity contribution is 8.19. The van der Waals surface area contributed by atoms with Crippen molar-refractivity contribution in [1.82, 2.24) is 9.97 Å². The summed E-state index contributed by atoms with van der Waals surface area (Å²) in [6, 6.07) is 18.3. The van der Waals surface area contributed by atoms with E-state index in [0.29, 0.717) is 16.5 Å². The van der Waals surface area contributed by atoms with E-state index in [0.717, 1.165) is 39.8 Å². The van der Waals surface area contributed by atoms with Crippen LogP contribution in [0, 0.1) is 11.2 Å². The number of amidine groups is 1. The monoisotopic (exact) mass is 460 g/mol. The van der Waals surface area contributed by atoms with Gasteiger partial charge in [0.15, 0.2) is 10.3 Å². The highest BCUT2D eigenvalue weighted by Crippen LogP contribution is 2.37. The summed E-state index contributed by atoms with van der Waals surface area (Å²) in [7, 11) is 0. The molecule has 0 aliphatic carbocycles. The van der Waals surface area contributed by atoms with Gasteiger partial charge in [0.25, 0.3) is 5.91 Å². The fourth-order valence-electron chi connectivity index (χ4n) is 3.54. The van der Waals surface area contributed by atoms with Crippen molar-refractivity contribution in [3.63, 3.8) is 0 Å². The highest BCUT2D eigenvalue weighted by atomic mass is 32.2. The first kappa shape index (κ1) is 20.4. The quantitative estimate of drug-likeness (QED) is 0.363. The molecule has 1 saturated heterocycles. The van der Waals surface area contributed by atoms with Crippen molar-refractivity contribution >= 4 is 45.4 Å². The van der Waals surface area contributed by atoms with Crippen molar-refractivity contribution in [2.45, 2.75) is 6.42 Å². The maximum Gasteiger partial charge on any atom is 0.273 e. The Hall–Kier alpha value is -3.49. The van der Waals surface area contributed by atoms with E-state index in [1.807, 2.05) is 24.3 Å². The van der Waals surface area contributed by atoms with Gasteiger partial charge in [0.05, 0.1) is 10.6 Å². The molecule has 2 N–H and O–H groups in total. The third-order valence-corrected chi connectivity index (χ3v) is 6.64. The van der Waals surface area contributed by atoms with E-state index < -0.39 is 0 Å². The number of benzene rings is 2. The Morgan fingerprint density at radius 2 is 1.91 bits per heavy atom. The summed E-state index contributed by atoms with van der Waals surface area (Å²) in [4.78, 5) is 22.4. The van der Waals surface area contributed by atoms with Gasteiger partial charge in [-0.05, 0) is 59.3 Å². The molecule has 1 fully saturated rings. The fraction of sp³-hybridized carbons (Fsp3) is 0.0417. The van der Waals surface area contributed by atoms with Gasteiger partial charge < -0.3 is 4.98 Å². The zero-order valence-corrected chi connectivity index (χ0v) is 18.3. The van der Waals surface area contributed by atoms with E-state index in [4.69, 9.17) is 5.41 Å². The summed E-state index contributed by atoms with van der Waals surface area (Å²) < 4.78 is 13.5. The lowest BCUT2D eigenvalue weighted by molar-refractivity contribution is -0.113. The third-order valence-electron chi connectivity index (χ3n) is 5.00. The van der Waals surface area contributed by atoms with E-state index in [9.17, 15) is 9.18 Å². The maximum absolute atomic E-state index is 13.5. The molecule has 158 valence electrons. The van der Waals surface area contributed by atoms with E-state index in [1.165, 1.54) is 28.4 Å². The Morgan fingerprint density at radius 3 is 2.62 bits per heavy atom. The van der Waals surface area contributed by atoms with Crippen LogP contribution >= 0.6 is 23.1 Å². The molecular formula is C24H17FN4OS2. The lowest BCUT2D eigenvalue weighted by atomic mass is 10.1. The Balaban J connectivity index is 1.54. The molecule has 3 heterocycles. The van der Waals surface area contributed by atoms with Gasteiger partial charge in [-0.15, -0.1) is 11.3 Å². The zero-order chi connectivity index (χ0) is 22.1. The number of H-pyrrole nitrogens is 1. The van der Waals surface area contributed by atoms with Crippen LogP contribution in [0.2, 0.25) is 0 Å². The largest absolute Gasteiger partial charge is 0.358 e. The van der Waals surface area contributed by atoms with E-state index >= 15 is 0 Å². The highest BCUT2D eigenvalue weighted by Gasteiger charge is 2.35. The van der Waals surface area contributed by atoms with Gasteiger partial charge >= 0.3 is 0 Å². The molecule has 0 saturated carbocycles. The average Bonchev–Trinajstić information content (AvgIpc) is 3.50. The summed E-state index contributed by atoms with van der Waals surface area (Å²) >= 11 is 2.42. The number of thioether (sulfide) groups is 1. The number of rotatable bonds is 5. The van der Waals surface area contributed by atoms with Crippen molar-refractivity contribution < 1.29 is 9.18 Å². The van der Waals surface area contributed by atoms with E-state index in [2.05, 4.69) is 22.1 Å². The van der Waals surface area contributed by atoms with Crippen LogP contribution < -0.4 is 4.90 Å². The molecule has 5 nitrogen and oxygen atoms in total. The Morgan fingerprint density at radius 1 is 1.12 bits per heavy atom. The van der Waals surface area contributed by atoms with Crippen molar-refractivity contribution in [2.24, 2.45) is 0 Å². The van der Waals surface area contributed by atoms with Crippen LogP contribution in [0.25, 0.3) is 17.3 Å². The van der Waals surface area contributed by atoms with Gasteiger partial charge in [0.2, 0.25) is 0 Å². The fourth-order valence-corrected chi connectivity index (χ4v) is 5.07. The smallest absolute Gasteiger partial charge is 0.273 e. The average molecular weight is 461 g/mol. The van der Waals surface area contributed by atoms with Gasteiger partial charge in [-0.2, -0.15) is 0 Å². The van der Waals surface area contributed by atoms with Crippen molar-refractivity contribution in [1.29, 1.82) is 5.41 Å². The van der Waals surface area contributed by atoms with Gasteiger partial charge in [-0.1, -0.05) is 30.3 Å². The minimum Gasteiger partial charge on any atom is -0.358 e. The Labute approximate surface area is 192 Å². The standard InChI is InChI=1S/C24H17FN4OS2/c25-18-8-6-16(7-9-18)21-17(13-19(28-21)12-15-4-2-1-3-5-15)14-20-22(30)29(23(26)32-20)24-27-10-11-31-24/h1-11,13-14,26,28H,12H2/b20-14-,26-23?. The number of hydrogen-bond donors (Lipinski definition) is 2. The van der Waals surface area contributed by atoms with Crippen LogP contribution in [0.4, 0.5) is 9.52 Å². The molecule has 0 bridgehead atoms. The van der Waals surface area contributed by atoms with Crippen molar-refractivity contribution in [2.75, 3.05) is 4.90 Å². The second kappa shape index (κ2) is 8.57. The normalized spacial score (nSPS) is 15.2. The van der Waals surface area contributed by atoms with Crippen LogP contribution in [-0.4, -0.2) is 21.0 Å². The molecule has 0 radical (unpaired) electrons. The molecule has 0 atom stereocenters. The Bertz CT molecular complexity index is 1310. The van der Waals surface area contributed by atoms with Crippen molar-refractivity contribution in [3.8, 4) is 11.3 Å². The lowest BCUT2D eigenvalue weighted by Gasteiger charge is -2.09. The van der Waals surface area contributed by atoms with Gasteiger partial charge in [0, 0.05) is 29.3 Å². The molecule has 8 heteroatoms. The van der Waals surface area contributed by atoms with Gasteiger partial charge in [-0.3, -0.25) is 10.2 Å². The topological polar surface area (TPSA) is 72.8 Å². The molecule has 4 aromatic rings. The second-order valence-electron chi connectivity index (χ2n) is 7.17. The number of carbonyl (C=O) groups is 1. The lowest BCUT2D eigenvalue weighted by Crippen LogP contribution is -2.27. The van der Waals surface area contributed by atoms with Gasteiger partial charge in [0.1, 0.15) is 5.82 Å². The predicted molar refractivity (Wildman–Crippen MR) is 128 cm³/mol. The zero-order valence-electron chi connectivity index (χ0n) is 16.7. The molecule has 0 spiro atoms. The van der Waals surface area contributed by atoms with Crippen LogP contribution in [0.1, 0.15) is 16.8 Å². The van der Waals surface area contributed by atoms with Gasteiger partial charge in [-0.25, -0.2) is 14.3 Å². The number of hydrogen-bond acceptors (Lipinski definition) is 5.